The molecule has 1 fully saturated rings. The van der Waals surface area contributed by atoms with Gasteiger partial charge in [0.15, 0.2) is 5.79 Å². The van der Waals surface area contributed by atoms with Gasteiger partial charge in [0.05, 0.1) is 6.10 Å². The summed E-state index contributed by atoms with van der Waals surface area (Å²) >= 11 is 0. The third kappa shape index (κ3) is 4.21. The van der Waals surface area contributed by atoms with Gasteiger partial charge in [0, 0.05) is 37.2 Å². The van der Waals surface area contributed by atoms with Gasteiger partial charge in [-0.05, 0) is 72.5 Å². The molecule has 0 aliphatic carbocycles. The maximum atomic E-state index is 13.3. The number of nitrogens with one attached hydrogen (secondary N) is 2. The molecule has 2 aliphatic heterocycles. The highest BCUT2D eigenvalue weighted by Gasteiger charge is 2.39. The van der Waals surface area contributed by atoms with Gasteiger partial charge < -0.3 is 15.7 Å². The van der Waals surface area contributed by atoms with Crippen LogP contribution in [-0.2, 0) is 0 Å². The van der Waals surface area contributed by atoms with Crippen molar-refractivity contribution in [3.8, 4) is 0 Å². The number of aromatic nitrogens is 1. The van der Waals surface area contributed by atoms with E-state index in [1.165, 1.54) is 24.3 Å². The first-order valence-corrected chi connectivity index (χ1v) is 9.64. The van der Waals surface area contributed by atoms with Crippen LogP contribution in [0.5, 0.6) is 0 Å². The standard InChI is InChI=1S/C22H23FN4O2/c23-19-3-1-17(2-4-19)21(29)26-22(27-13-8-20(28)9-14-27)15-18(7-12-25-22)16-5-10-24-11-6-16/h1-7,10-12,15,20,25,28H,8-9,13-14H2,(H,26,29). The Morgan fingerprint density at radius 1 is 1.17 bits per heavy atom. The second kappa shape index (κ2) is 8.14. The molecule has 4 rings (SSSR count). The van der Waals surface area contributed by atoms with Gasteiger partial charge in [-0.2, -0.15) is 0 Å². The zero-order chi connectivity index (χ0) is 20.3. The van der Waals surface area contributed by atoms with Gasteiger partial charge in [-0.1, -0.05) is 0 Å². The zero-order valence-electron chi connectivity index (χ0n) is 15.9. The maximum absolute atomic E-state index is 13.3. The van der Waals surface area contributed by atoms with E-state index in [0.29, 0.717) is 31.5 Å². The molecule has 0 bridgehead atoms. The summed E-state index contributed by atoms with van der Waals surface area (Å²) in [5.41, 5.74) is 2.30. The lowest BCUT2D eigenvalue weighted by Crippen LogP contribution is -2.68. The maximum Gasteiger partial charge on any atom is 0.254 e. The van der Waals surface area contributed by atoms with Crippen molar-refractivity contribution < 1.29 is 14.3 Å². The van der Waals surface area contributed by atoms with E-state index < -0.39 is 5.79 Å². The van der Waals surface area contributed by atoms with Crippen LogP contribution in [0, 0.1) is 5.82 Å². The number of nitrogens with zero attached hydrogens (tertiary/aromatic N) is 2. The number of likely N-dealkylation sites (tertiary alicyclic amines) is 1. The molecule has 0 spiro atoms. The number of hydrogen-bond donors (Lipinski definition) is 3. The molecule has 150 valence electrons. The first-order chi connectivity index (χ1) is 14.1. The van der Waals surface area contributed by atoms with Crippen LogP contribution in [0.3, 0.4) is 0 Å². The molecule has 0 radical (unpaired) electrons. The highest BCUT2D eigenvalue weighted by Crippen LogP contribution is 2.27. The van der Waals surface area contributed by atoms with Crippen molar-refractivity contribution in [3.63, 3.8) is 0 Å². The third-order valence-corrected chi connectivity index (χ3v) is 5.32. The molecular weight excluding hydrogens is 371 g/mol. The Morgan fingerprint density at radius 3 is 2.55 bits per heavy atom. The molecular formula is C22H23FN4O2. The number of dihydropyridines is 1. The van der Waals surface area contributed by atoms with Crippen LogP contribution in [0.2, 0.25) is 0 Å². The lowest BCUT2D eigenvalue weighted by atomic mass is 9.98. The summed E-state index contributed by atoms with van der Waals surface area (Å²) in [6.45, 7) is 1.23. The Kier molecular flexibility index (Phi) is 5.42. The number of amides is 1. The fourth-order valence-corrected chi connectivity index (χ4v) is 3.70. The molecule has 0 saturated carbocycles. The molecule has 1 atom stereocenters. The number of aliphatic hydroxyl groups excluding tert-OH is 1. The van der Waals surface area contributed by atoms with Crippen molar-refractivity contribution >= 4 is 11.5 Å². The molecule has 29 heavy (non-hydrogen) atoms. The van der Waals surface area contributed by atoms with E-state index in [1.807, 2.05) is 30.5 Å². The molecule has 6 nitrogen and oxygen atoms in total. The van der Waals surface area contributed by atoms with Gasteiger partial charge in [0.25, 0.3) is 5.91 Å². The topological polar surface area (TPSA) is 77.5 Å². The molecule has 1 saturated heterocycles. The molecule has 1 amide bonds. The van der Waals surface area contributed by atoms with Crippen LogP contribution in [-0.4, -0.2) is 45.9 Å². The van der Waals surface area contributed by atoms with E-state index in [0.717, 1.165) is 11.1 Å². The van der Waals surface area contributed by atoms with Gasteiger partial charge in [-0.3, -0.25) is 14.7 Å². The van der Waals surface area contributed by atoms with Crippen LogP contribution in [0.15, 0.2) is 67.1 Å². The number of allylic oxidation sites excluding steroid dienone is 2. The average molecular weight is 394 g/mol. The minimum absolute atomic E-state index is 0.316. The van der Waals surface area contributed by atoms with Crippen LogP contribution >= 0.6 is 0 Å². The van der Waals surface area contributed by atoms with Crippen LogP contribution in [0.1, 0.15) is 28.8 Å². The lowest BCUT2D eigenvalue weighted by Gasteiger charge is -2.46. The van der Waals surface area contributed by atoms with E-state index in [2.05, 4.69) is 20.5 Å². The number of piperidine rings is 1. The van der Waals surface area contributed by atoms with Crippen LogP contribution in [0.4, 0.5) is 4.39 Å². The molecule has 3 heterocycles. The number of hydrogen-bond acceptors (Lipinski definition) is 5. The van der Waals surface area contributed by atoms with Crippen molar-refractivity contribution in [2.45, 2.75) is 24.7 Å². The summed E-state index contributed by atoms with van der Waals surface area (Å²) in [5.74, 6) is -1.66. The van der Waals surface area contributed by atoms with Crippen molar-refractivity contribution in [2.24, 2.45) is 0 Å². The van der Waals surface area contributed by atoms with Gasteiger partial charge in [-0.25, -0.2) is 4.39 Å². The van der Waals surface area contributed by atoms with Crippen molar-refractivity contribution in [2.75, 3.05) is 13.1 Å². The summed E-state index contributed by atoms with van der Waals surface area (Å²) in [6.07, 6.45) is 10.1. The molecule has 7 heteroatoms. The van der Waals surface area contributed by atoms with E-state index >= 15 is 0 Å². The normalized spacial score (nSPS) is 22.6. The molecule has 1 aromatic carbocycles. The van der Waals surface area contributed by atoms with Crippen molar-refractivity contribution in [3.05, 3.63) is 84.1 Å². The second-order valence-corrected chi connectivity index (χ2v) is 7.26. The fraction of sp³-hybridized carbons (Fsp3) is 0.273. The van der Waals surface area contributed by atoms with Crippen LogP contribution in [0.25, 0.3) is 5.57 Å². The summed E-state index contributed by atoms with van der Waals surface area (Å²) in [7, 11) is 0. The lowest BCUT2D eigenvalue weighted by molar-refractivity contribution is 0.0109. The number of halogens is 1. The number of carbonyl (C=O) groups excluding carboxylic acids is 1. The Balaban J connectivity index is 1.68. The Bertz CT molecular complexity index is 922. The summed E-state index contributed by atoms with van der Waals surface area (Å²) in [5, 5.41) is 16.3. The number of benzene rings is 1. The third-order valence-electron chi connectivity index (χ3n) is 5.32. The summed E-state index contributed by atoms with van der Waals surface area (Å²) < 4.78 is 13.3. The Hall–Kier alpha value is -3.03. The smallest absolute Gasteiger partial charge is 0.254 e. The predicted octanol–water partition coefficient (Wildman–Crippen LogP) is 2.26. The van der Waals surface area contributed by atoms with E-state index in [9.17, 15) is 14.3 Å². The average Bonchev–Trinajstić information content (AvgIpc) is 2.75. The first-order valence-electron chi connectivity index (χ1n) is 9.64. The number of aliphatic hydroxyl groups is 1. The monoisotopic (exact) mass is 394 g/mol. The largest absolute Gasteiger partial charge is 0.393 e. The zero-order valence-corrected chi connectivity index (χ0v) is 15.9. The number of carbonyl (C=O) groups is 1. The second-order valence-electron chi connectivity index (χ2n) is 7.26. The van der Waals surface area contributed by atoms with Gasteiger partial charge >= 0.3 is 0 Å². The number of pyridine rings is 1. The Labute approximate surface area is 168 Å². The molecule has 3 N–H and O–H groups in total. The first kappa shape index (κ1) is 19.3. The summed E-state index contributed by atoms with van der Waals surface area (Å²) in [4.78, 5) is 19.1. The minimum atomic E-state index is -0.959. The van der Waals surface area contributed by atoms with Gasteiger partial charge in [0.2, 0.25) is 0 Å². The highest BCUT2D eigenvalue weighted by atomic mass is 19.1. The quantitative estimate of drug-likeness (QED) is 0.742. The van der Waals surface area contributed by atoms with E-state index in [1.54, 1.807) is 12.4 Å². The van der Waals surface area contributed by atoms with E-state index in [4.69, 9.17) is 0 Å². The molecule has 2 aromatic rings. The van der Waals surface area contributed by atoms with Gasteiger partial charge in [0.1, 0.15) is 5.82 Å². The SMILES string of the molecule is O=C(NC1(N2CCC(O)CC2)C=C(c2ccncc2)C=CN1)c1ccc(F)cc1. The van der Waals surface area contributed by atoms with Gasteiger partial charge in [-0.15, -0.1) is 0 Å². The fourth-order valence-electron chi connectivity index (χ4n) is 3.70. The predicted molar refractivity (Wildman–Crippen MR) is 108 cm³/mol. The van der Waals surface area contributed by atoms with E-state index in [-0.39, 0.29) is 17.8 Å². The van der Waals surface area contributed by atoms with Crippen molar-refractivity contribution in [1.29, 1.82) is 0 Å². The summed E-state index contributed by atoms with van der Waals surface area (Å²) in [6, 6.07) is 9.29. The molecule has 1 aromatic heterocycles. The molecule has 2 aliphatic rings. The number of rotatable bonds is 4. The minimum Gasteiger partial charge on any atom is -0.393 e. The van der Waals surface area contributed by atoms with Crippen LogP contribution < -0.4 is 10.6 Å². The Morgan fingerprint density at radius 2 is 1.86 bits per heavy atom. The highest BCUT2D eigenvalue weighted by molar-refractivity contribution is 5.95. The van der Waals surface area contributed by atoms with Crippen molar-refractivity contribution in [1.82, 2.24) is 20.5 Å². The molecule has 1 unspecified atom stereocenters.